The van der Waals surface area contributed by atoms with E-state index in [-0.39, 0.29) is 41.5 Å². The number of ether oxygens (including phenoxy) is 2. The van der Waals surface area contributed by atoms with Gasteiger partial charge in [-0.25, -0.2) is 0 Å². The zero-order valence-corrected chi connectivity index (χ0v) is 14.3. The third kappa shape index (κ3) is 3.26. The minimum atomic E-state index is -0.513. The highest BCUT2D eigenvalue weighted by atomic mass is 16.6. The molecule has 1 unspecified atom stereocenters. The molecular formula is C19H16N2O6. The second-order valence-corrected chi connectivity index (χ2v) is 6.42. The number of nitro groups is 1. The first kappa shape index (κ1) is 17.2. The summed E-state index contributed by atoms with van der Waals surface area (Å²) in [5.74, 6) is -0.117. The maximum atomic E-state index is 12.6. The molecular weight excluding hydrogens is 352 g/mol. The third-order valence-corrected chi connectivity index (χ3v) is 4.62. The van der Waals surface area contributed by atoms with Crippen molar-refractivity contribution >= 4 is 17.5 Å². The lowest BCUT2D eigenvalue weighted by Crippen LogP contribution is -2.36. The minimum Gasteiger partial charge on any atom is -0.457 e. The molecule has 27 heavy (non-hydrogen) atoms. The summed E-state index contributed by atoms with van der Waals surface area (Å²) < 4.78 is 11.2. The predicted octanol–water partition coefficient (Wildman–Crippen LogP) is 3.16. The number of fused-ring (bicyclic) bond motifs is 1. The Hall–Kier alpha value is -3.26. The van der Waals surface area contributed by atoms with Gasteiger partial charge in [-0.3, -0.25) is 24.6 Å². The normalized spacial score (nSPS) is 18.7. The smallest absolute Gasteiger partial charge is 0.273 e. The number of imide groups is 1. The summed E-state index contributed by atoms with van der Waals surface area (Å²) in [5.41, 5.74) is 0.493. The van der Waals surface area contributed by atoms with Crippen molar-refractivity contribution in [2.75, 3.05) is 13.2 Å². The molecule has 0 bridgehead atoms. The van der Waals surface area contributed by atoms with Crippen LogP contribution in [-0.4, -0.2) is 40.9 Å². The Morgan fingerprint density at radius 2 is 1.89 bits per heavy atom. The lowest BCUT2D eigenvalue weighted by molar-refractivity contribution is -0.384. The van der Waals surface area contributed by atoms with Crippen LogP contribution in [0.5, 0.6) is 11.5 Å². The number of rotatable bonds is 5. The predicted molar refractivity (Wildman–Crippen MR) is 94.0 cm³/mol. The molecule has 2 aromatic rings. The summed E-state index contributed by atoms with van der Waals surface area (Å²) >= 11 is 0. The van der Waals surface area contributed by atoms with Crippen molar-refractivity contribution in [3.05, 3.63) is 63.7 Å². The van der Waals surface area contributed by atoms with E-state index in [2.05, 4.69) is 0 Å². The van der Waals surface area contributed by atoms with Gasteiger partial charge >= 0.3 is 0 Å². The molecule has 1 fully saturated rings. The van der Waals surface area contributed by atoms with Crippen molar-refractivity contribution in [2.24, 2.45) is 0 Å². The van der Waals surface area contributed by atoms with Crippen LogP contribution in [0.4, 0.5) is 5.69 Å². The summed E-state index contributed by atoms with van der Waals surface area (Å²) in [7, 11) is 0. The second kappa shape index (κ2) is 6.81. The SMILES string of the molecule is O=C1c2ccc(Oc3cccc([N+](=O)[O-])c3)cc2C(=O)N1CC1CCCO1. The molecule has 0 N–H and O–H groups in total. The Morgan fingerprint density at radius 1 is 1.11 bits per heavy atom. The zero-order valence-electron chi connectivity index (χ0n) is 14.3. The summed E-state index contributed by atoms with van der Waals surface area (Å²) in [5, 5.41) is 10.9. The van der Waals surface area contributed by atoms with Gasteiger partial charge in [0.15, 0.2) is 0 Å². The summed E-state index contributed by atoms with van der Waals surface area (Å²) in [6.07, 6.45) is 1.64. The van der Waals surface area contributed by atoms with Gasteiger partial charge in [-0.15, -0.1) is 0 Å². The maximum absolute atomic E-state index is 12.6. The van der Waals surface area contributed by atoms with Gasteiger partial charge in [0, 0.05) is 12.7 Å². The Morgan fingerprint density at radius 3 is 2.63 bits per heavy atom. The molecule has 0 radical (unpaired) electrons. The quantitative estimate of drug-likeness (QED) is 0.457. The van der Waals surface area contributed by atoms with E-state index in [0.717, 1.165) is 12.8 Å². The lowest BCUT2D eigenvalue weighted by Gasteiger charge is -2.17. The highest BCUT2D eigenvalue weighted by molar-refractivity contribution is 6.21. The van der Waals surface area contributed by atoms with E-state index in [0.29, 0.717) is 17.9 Å². The van der Waals surface area contributed by atoms with Crippen LogP contribution in [0.1, 0.15) is 33.6 Å². The second-order valence-electron chi connectivity index (χ2n) is 6.42. The van der Waals surface area contributed by atoms with Crippen LogP contribution in [0.2, 0.25) is 0 Å². The molecule has 138 valence electrons. The number of nitro benzene ring substituents is 1. The molecule has 0 aliphatic carbocycles. The molecule has 2 amide bonds. The third-order valence-electron chi connectivity index (χ3n) is 4.62. The van der Waals surface area contributed by atoms with Gasteiger partial charge in [-0.1, -0.05) is 6.07 Å². The Kier molecular flexibility index (Phi) is 4.33. The van der Waals surface area contributed by atoms with Crippen molar-refractivity contribution in [1.82, 2.24) is 4.90 Å². The first-order chi connectivity index (χ1) is 13.0. The molecule has 0 saturated carbocycles. The fourth-order valence-corrected chi connectivity index (χ4v) is 3.29. The van der Waals surface area contributed by atoms with Crippen molar-refractivity contribution in [3.8, 4) is 11.5 Å². The zero-order chi connectivity index (χ0) is 19.0. The number of amides is 2. The number of hydrogen-bond donors (Lipinski definition) is 0. The van der Waals surface area contributed by atoms with Crippen LogP contribution in [0.3, 0.4) is 0 Å². The van der Waals surface area contributed by atoms with Crippen LogP contribution < -0.4 is 4.74 Å². The Labute approximate surface area is 154 Å². The molecule has 8 heteroatoms. The van der Waals surface area contributed by atoms with Gasteiger partial charge in [0.05, 0.1) is 34.8 Å². The largest absolute Gasteiger partial charge is 0.457 e. The van der Waals surface area contributed by atoms with Gasteiger partial charge in [0.1, 0.15) is 11.5 Å². The summed E-state index contributed by atoms with van der Waals surface area (Å²) in [4.78, 5) is 36.7. The molecule has 2 aliphatic heterocycles. The van der Waals surface area contributed by atoms with E-state index in [1.165, 1.54) is 35.2 Å². The molecule has 0 spiro atoms. The van der Waals surface area contributed by atoms with E-state index < -0.39 is 4.92 Å². The standard InChI is InChI=1S/C19H16N2O6/c22-18-16-7-6-14(27-13-4-1-3-12(9-13)21(24)25)10-17(16)19(23)20(18)11-15-5-2-8-26-15/h1,3-4,6-7,9-10,15H,2,5,8,11H2. The summed E-state index contributed by atoms with van der Waals surface area (Å²) in [6.45, 7) is 0.891. The van der Waals surface area contributed by atoms with Crippen molar-refractivity contribution in [3.63, 3.8) is 0 Å². The van der Waals surface area contributed by atoms with Gasteiger partial charge in [-0.2, -0.15) is 0 Å². The van der Waals surface area contributed by atoms with E-state index in [4.69, 9.17) is 9.47 Å². The van der Waals surface area contributed by atoms with Crippen LogP contribution in [-0.2, 0) is 4.74 Å². The maximum Gasteiger partial charge on any atom is 0.273 e. The van der Waals surface area contributed by atoms with Gasteiger partial charge in [0.25, 0.3) is 17.5 Å². The van der Waals surface area contributed by atoms with E-state index in [1.807, 2.05) is 0 Å². The lowest BCUT2D eigenvalue weighted by atomic mass is 10.1. The van der Waals surface area contributed by atoms with Crippen LogP contribution >= 0.6 is 0 Å². The number of nitrogens with zero attached hydrogens (tertiary/aromatic N) is 2. The number of benzene rings is 2. The molecule has 8 nitrogen and oxygen atoms in total. The van der Waals surface area contributed by atoms with Crippen LogP contribution in [0.15, 0.2) is 42.5 Å². The van der Waals surface area contributed by atoms with E-state index in [9.17, 15) is 19.7 Å². The molecule has 4 rings (SSSR count). The first-order valence-electron chi connectivity index (χ1n) is 8.57. The molecule has 2 aromatic carbocycles. The van der Waals surface area contributed by atoms with Gasteiger partial charge in [0.2, 0.25) is 0 Å². The fourth-order valence-electron chi connectivity index (χ4n) is 3.29. The molecule has 2 aliphatic rings. The van der Waals surface area contributed by atoms with Gasteiger partial charge < -0.3 is 9.47 Å². The molecule has 2 heterocycles. The van der Waals surface area contributed by atoms with E-state index in [1.54, 1.807) is 12.1 Å². The topological polar surface area (TPSA) is 99.0 Å². The Bertz CT molecular complexity index is 936. The molecule has 1 atom stereocenters. The Balaban J connectivity index is 1.55. The molecule has 1 saturated heterocycles. The number of hydrogen-bond acceptors (Lipinski definition) is 6. The number of carbonyl (C=O) groups is 2. The monoisotopic (exact) mass is 368 g/mol. The highest BCUT2D eigenvalue weighted by Crippen LogP contribution is 2.31. The van der Waals surface area contributed by atoms with Gasteiger partial charge in [-0.05, 0) is 37.1 Å². The highest BCUT2D eigenvalue weighted by Gasteiger charge is 2.37. The van der Waals surface area contributed by atoms with Crippen molar-refractivity contribution in [1.29, 1.82) is 0 Å². The van der Waals surface area contributed by atoms with Crippen LogP contribution in [0, 0.1) is 10.1 Å². The number of carbonyl (C=O) groups excluding carboxylic acids is 2. The molecule has 0 aromatic heterocycles. The average molecular weight is 368 g/mol. The fraction of sp³-hybridized carbons (Fsp3) is 0.263. The van der Waals surface area contributed by atoms with Crippen LogP contribution in [0.25, 0.3) is 0 Å². The van der Waals surface area contributed by atoms with Crippen molar-refractivity contribution < 1.29 is 24.0 Å². The summed E-state index contributed by atoms with van der Waals surface area (Å²) in [6, 6.07) is 10.3. The van der Waals surface area contributed by atoms with Crippen molar-refractivity contribution in [2.45, 2.75) is 18.9 Å². The average Bonchev–Trinajstić information content (AvgIpc) is 3.25. The van der Waals surface area contributed by atoms with E-state index >= 15 is 0 Å². The number of non-ortho nitro benzene ring substituents is 1. The minimum absolute atomic E-state index is 0.0948. The first-order valence-corrected chi connectivity index (χ1v) is 8.57.